The van der Waals surface area contributed by atoms with Crippen LogP contribution in [0.25, 0.3) is 5.82 Å². The monoisotopic (exact) mass is 500 g/mol. The zero-order chi connectivity index (χ0) is 25.1. The number of benzene rings is 1. The highest BCUT2D eigenvalue weighted by Gasteiger charge is 2.41. The molecule has 2 N–H and O–H groups in total. The lowest BCUT2D eigenvalue weighted by molar-refractivity contribution is -0.116. The molecule has 0 bridgehead atoms. The van der Waals surface area contributed by atoms with E-state index in [1.165, 1.54) is 12.1 Å². The molecule has 5 rings (SSSR count). The van der Waals surface area contributed by atoms with E-state index in [0.717, 1.165) is 22.8 Å². The van der Waals surface area contributed by atoms with E-state index in [0.29, 0.717) is 11.7 Å². The number of nitrogens with zero attached hydrogens (tertiary/aromatic N) is 4. The lowest BCUT2D eigenvalue weighted by atomic mass is 10.0. The average molecular weight is 501 g/mol. The molecule has 7 nitrogen and oxygen atoms in total. The maximum Gasteiger partial charge on any atom is 0.226 e. The van der Waals surface area contributed by atoms with Gasteiger partial charge in [0.1, 0.15) is 11.6 Å². The van der Waals surface area contributed by atoms with Crippen molar-refractivity contribution in [3.63, 3.8) is 0 Å². The molecule has 1 aromatic carbocycles. The Morgan fingerprint density at radius 3 is 2.67 bits per heavy atom. The Balaban J connectivity index is 1.44. The molecule has 2 atom stereocenters. The van der Waals surface area contributed by atoms with Crippen LogP contribution in [0, 0.1) is 12.7 Å². The second-order valence-electron chi connectivity index (χ2n) is 8.59. The molecule has 1 aliphatic heterocycles. The molecule has 0 radical (unpaired) electrons. The molecule has 4 heterocycles. The van der Waals surface area contributed by atoms with E-state index in [1.54, 1.807) is 18.3 Å². The van der Waals surface area contributed by atoms with Gasteiger partial charge in [0.25, 0.3) is 0 Å². The van der Waals surface area contributed by atoms with Crippen LogP contribution >= 0.6 is 12.2 Å². The van der Waals surface area contributed by atoms with E-state index < -0.39 is 5.82 Å². The summed E-state index contributed by atoms with van der Waals surface area (Å²) >= 11 is 5.72. The van der Waals surface area contributed by atoms with Crippen molar-refractivity contribution in [2.45, 2.75) is 25.4 Å². The van der Waals surface area contributed by atoms with E-state index >= 15 is 0 Å². The normalized spacial score (nSPS) is 17.2. The minimum absolute atomic E-state index is 0.130. The molecular formula is C27H25FN6OS. The summed E-state index contributed by atoms with van der Waals surface area (Å²) in [6.07, 6.45) is 5.68. The van der Waals surface area contributed by atoms with Gasteiger partial charge in [0.05, 0.1) is 23.5 Å². The van der Waals surface area contributed by atoms with Crippen molar-refractivity contribution in [3.8, 4) is 5.82 Å². The SMILES string of the molecule is Cc1ccc(-n2cccc2[C@H]2[C@@H](c3ccccn3)NC(=S)N2CCC(=O)Nc2ccccc2F)nc1. The zero-order valence-corrected chi connectivity index (χ0v) is 20.5. The first-order valence-electron chi connectivity index (χ1n) is 11.6. The fourth-order valence-electron chi connectivity index (χ4n) is 4.41. The fourth-order valence-corrected chi connectivity index (χ4v) is 4.74. The van der Waals surface area contributed by atoms with Crippen LogP contribution < -0.4 is 10.6 Å². The first-order chi connectivity index (χ1) is 17.5. The Bertz CT molecular complexity index is 1370. The molecule has 1 fully saturated rings. The zero-order valence-electron chi connectivity index (χ0n) is 19.6. The van der Waals surface area contributed by atoms with Crippen molar-refractivity contribution in [2.24, 2.45) is 0 Å². The number of anilines is 1. The summed E-state index contributed by atoms with van der Waals surface area (Å²) in [7, 11) is 0. The Hall–Kier alpha value is -4.11. The average Bonchev–Trinajstić information content (AvgIpc) is 3.49. The quantitative estimate of drug-likeness (QED) is 0.358. The number of aryl methyl sites for hydroxylation is 1. The molecule has 3 aromatic heterocycles. The molecule has 0 spiro atoms. The molecule has 0 unspecified atom stereocenters. The topological polar surface area (TPSA) is 75.1 Å². The van der Waals surface area contributed by atoms with Crippen molar-refractivity contribution in [2.75, 3.05) is 11.9 Å². The van der Waals surface area contributed by atoms with Gasteiger partial charge in [0, 0.05) is 37.3 Å². The van der Waals surface area contributed by atoms with Crippen LogP contribution in [-0.4, -0.2) is 37.0 Å². The van der Waals surface area contributed by atoms with E-state index in [2.05, 4.69) is 20.6 Å². The highest BCUT2D eigenvalue weighted by molar-refractivity contribution is 7.80. The number of carbonyl (C=O) groups is 1. The van der Waals surface area contributed by atoms with E-state index in [9.17, 15) is 9.18 Å². The highest BCUT2D eigenvalue weighted by atomic mass is 32.1. The van der Waals surface area contributed by atoms with Crippen LogP contribution in [-0.2, 0) is 4.79 Å². The molecule has 9 heteroatoms. The van der Waals surface area contributed by atoms with Gasteiger partial charge >= 0.3 is 0 Å². The van der Waals surface area contributed by atoms with Crippen molar-refractivity contribution in [3.05, 3.63) is 108 Å². The molecule has 182 valence electrons. The van der Waals surface area contributed by atoms with Crippen LogP contribution in [0.4, 0.5) is 10.1 Å². The number of hydrogen-bond donors (Lipinski definition) is 2. The lowest BCUT2D eigenvalue weighted by Gasteiger charge is -2.28. The van der Waals surface area contributed by atoms with Gasteiger partial charge in [0.2, 0.25) is 5.91 Å². The standard InChI is InChI=1S/C27H25FN6OS/c1-18-11-12-23(30-17-18)33-15-6-10-22(33)26-25(21-9-4-5-14-29-21)32-27(36)34(26)16-13-24(35)31-20-8-3-2-7-19(20)28/h2-12,14-15,17,25-26H,13,16H2,1H3,(H,31,35)(H,32,36)/t25-,26+/m1/s1. The van der Waals surface area contributed by atoms with E-state index in [4.69, 9.17) is 12.2 Å². The predicted molar refractivity (Wildman–Crippen MR) is 140 cm³/mol. The van der Waals surface area contributed by atoms with Gasteiger partial charge < -0.3 is 20.1 Å². The molecule has 1 amide bonds. The first kappa shape index (κ1) is 23.6. The number of hydrogen-bond acceptors (Lipinski definition) is 4. The highest BCUT2D eigenvalue weighted by Crippen LogP contribution is 2.39. The van der Waals surface area contributed by atoms with Gasteiger partial charge in [-0.1, -0.05) is 24.3 Å². The number of nitrogens with one attached hydrogen (secondary N) is 2. The Labute approximate surface area is 214 Å². The molecule has 36 heavy (non-hydrogen) atoms. The van der Waals surface area contributed by atoms with Crippen LogP contribution in [0.1, 0.15) is 35.5 Å². The van der Waals surface area contributed by atoms with Crippen LogP contribution in [0.3, 0.4) is 0 Å². The molecule has 0 aliphatic carbocycles. The van der Waals surface area contributed by atoms with Crippen LogP contribution in [0.15, 0.2) is 85.3 Å². The molecule has 0 saturated carbocycles. The number of aromatic nitrogens is 3. The third kappa shape index (κ3) is 4.83. The van der Waals surface area contributed by atoms with E-state index in [1.807, 2.05) is 71.2 Å². The molecular weight excluding hydrogens is 475 g/mol. The Morgan fingerprint density at radius 2 is 1.92 bits per heavy atom. The summed E-state index contributed by atoms with van der Waals surface area (Å²) < 4.78 is 16.0. The van der Waals surface area contributed by atoms with Gasteiger partial charge in [-0.3, -0.25) is 9.78 Å². The number of amides is 1. The number of halogens is 1. The molecule has 1 aliphatic rings. The number of para-hydroxylation sites is 1. The second kappa shape index (κ2) is 10.2. The van der Waals surface area contributed by atoms with E-state index in [-0.39, 0.29) is 30.1 Å². The third-order valence-corrected chi connectivity index (χ3v) is 6.50. The summed E-state index contributed by atoms with van der Waals surface area (Å²) in [5.41, 5.74) is 3.04. The summed E-state index contributed by atoms with van der Waals surface area (Å²) in [6.45, 7) is 2.34. The van der Waals surface area contributed by atoms with Crippen LogP contribution in [0.5, 0.6) is 0 Å². The lowest BCUT2D eigenvalue weighted by Crippen LogP contribution is -2.33. The van der Waals surface area contributed by atoms with Gasteiger partial charge in [-0.2, -0.15) is 0 Å². The Kier molecular flexibility index (Phi) is 6.73. The second-order valence-corrected chi connectivity index (χ2v) is 8.98. The maximum absolute atomic E-state index is 14.0. The molecule has 4 aromatic rings. The first-order valence-corrected chi connectivity index (χ1v) is 12.0. The summed E-state index contributed by atoms with van der Waals surface area (Å²) in [5, 5.41) is 6.58. The van der Waals surface area contributed by atoms with Gasteiger partial charge in [-0.15, -0.1) is 0 Å². The van der Waals surface area contributed by atoms with Crippen LogP contribution in [0.2, 0.25) is 0 Å². The predicted octanol–water partition coefficient (Wildman–Crippen LogP) is 4.72. The maximum atomic E-state index is 14.0. The Morgan fingerprint density at radius 1 is 1.08 bits per heavy atom. The van der Waals surface area contributed by atoms with Crippen molar-refractivity contribution in [1.82, 2.24) is 24.8 Å². The minimum atomic E-state index is -0.472. The summed E-state index contributed by atoms with van der Waals surface area (Å²) in [4.78, 5) is 23.9. The fraction of sp³-hybridized carbons (Fsp3) is 0.185. The minimum Gasteiger partial charge on any atom is -0.352 e. The van der Waals surface area contributed by atoms with Crippen molar-refractivity contribution in [1.29, 1.82) is 0 Å². The summed E-state index contributed by atoms with van der Waals surface area (Å²) in [5.74, 6) is 0.0229. The number of rotatable bonds is 7. The van der Waals surface area contributed by atoms with Crippen molar-refractivity contribution >= 4 is 28.9 Å². The van der Waals surface area contributed by atoms with Gasteiger partial charge in [-0.25, -0.2) is 9.37 Å². The summed E-state index contributed by atoms with van der Waals surface area (Å²) in [6, 6.07) is 19.4. The third-order valence-electron chi connectivity index (χ3n) is 6.15. The van der Waals surface area contributed by atoms with Gasteiger partial charge in [0.15, 0.2) is 5.11 Å². The largest absolute Gasteiger partial charge is 0.352 e. The number of pyridine rings is 2. The van der Waals surface area contributed by atoms with Gasteiger partial charge in [-0.05, 0) is 67.2 Å². The number of carbonyl (C=O) groups excluding carboxylic acids is 1. The smallest absolute Gasteiger partial charge is 0.226 e. The number of thiocarbonyl (C=S) groups is 1. The molecule has 1 saturated heterocycles. The van der Waals surface area contributed by atoms with Crippen molar-refractivity contribution < 1.29 is 9.18 Å².